The Morgan fingerprint density at radius 2 is 1.83 bits per heavy atom. The molecule has 1 rings (SSSR count). The molecule has 9 nitrogen and oxygen atoms in total. The van der Waals surface area contributed by atoms with Crippen molar-refractivity contribution in [2.45, 2.75) is 0 Å². The third kappa shape index (κ3) is 2.22. The van der Waals surface area contributed by atoms with E-state index in [9.17, 15) is 20.2 Å². The number of hydrogen-bond donors (Lipinski definition) is 0. The predicted octanol–water partition coefficient (Wildman–Crippen LogP) is -0.495. The Bertz CT molecular complexity index is 280. The van der Waals surface area contributed by atoms with Gasteiger partial charge in [-0.25, -0.2) is 0 Å². The van der Waals surface area contributed by atoms with Crippen LogP contribution >= 0.6 is 0 Å². The Balaban J connectivity index is 0.00000121. The monoisotopic (exact) mass is 183 g/mol. The van der Waals surface area contributed by atoms with Crippen molar-refractivity contribution in [3.05, 3.63) is 20.2 Å². The molecule has 1 aromatic heterocycles. The standard InChI is InChI=1S/C2N4O5.Na/c7-5(8)1-3-2(6(9)10)11-4-1;. The van der Waals surface area contributed by atoms with Gasteiger partial charge in [-0.15, -0.1) is 0 Å². The van der Waals surface area contributed by atoms with Crippen molar-refractivity contribution in [1.29, 1.82) is 0 Å². The first-order valence-electron chi connectivity index (χ1n) is 2.24. The van der Waals surface area contributed by atoms with Crippen LogP contribution in [0.1, 0.15) is 0 Å². The van der Waals surface area contributed by atoms with Crippen LogP contribution in [0.3, 0.4) is 0 Å². The van der Waals surface area contributed by atoms with Crippen LogP contribution in [-0.4, -0.2) is 49.5 Å². The summed E-state index contributed by atoms with van der Waals surface area (Å²) in [5, 5.41) is 22.4. The minimum atomic E-state index is -1.01. The van der Waals surface area contributed by atoms with E-state index in [-0.39, 0.29) is 29.6 Å². The predicted molar refractivity (Wildman–Crippen MR) is 33.4 cm³/mol. The summed E-state index contributed by atoms with van der Waals surface area (Å²) in [5.41, 5.74) is 0. The van der Waals surface area contributed by atoms with Crippen LogP contribution in [-0.2, 0) is 0 Å². The van der Waals surface area contributed by atoms with Crippen LogP contribution in [0.15, 0.2) is 4.52 Å². The van der Waals surface area contributed by atoms with Crippen LogP contribution < -0.4 is 0 Å². The van der Waals surface area contributed by atoms with Gasteiger partial charge in [-0.1, -0.05) is 0 Å². The van der Waals surface area contributed by atoms with Gasteiger partial charge in [-0.2, -0.15) is 4.52 Å². The van der Waals surface area contributed by atoms with Crippen molar-refractivity contribution in [3.63, 3.8) is 0 Å². The van der Waals surface area contributed by atoms with Gasteiger partial charge in [0, 0.05) is 34.5 Å². The van der Waals surface area contributed by atoms with E-state index in [2.05, 4.69) is 14.7 Å². The van der Waals surface area contributed by atoms with E-state index in [1.165, 1.54) is 0 Å². The molecule has 0 N–H and O–H groups in total. The number of aromatic nitrogens is 2. The zero-order chi connectivity index (χ0) is 8.43. The SMILES string of the molecule is O=[N+]([O-])c1noc([N+](=O)[O-])n1.[Na]. The molecule has 12 heavy (non-hydrogen) atoms. The topological polar surface area (TPSA) is 125 Å². The fraction of sp³-hybridized carbons (Fsp3) is 0. The molecule has 0 saturated carbocycles. The smallest absolute Gasteiger partial charge is 0.389 e. The van der Waals surface area contributed by atoms with E-state index in [0.717, 1.165) is 0 Å². The molecule has 10 heteroatoms. The molecule has 0 amide bonds. The maximum absolute atomic E-state index is 9.83. The first-order chi connectivity index (χ1) is 5.11. The summed E-state index contributed by atoms with van der Waals surface area (Å²) in [5.74, 6) is -0.920. The van der Waals surface area contributed by atoms with Crippen LogP contribution in [0.4, 0.5) is 12.0 Å². The van der Waals surface area contributed by atoms with Gasteiger partial charge < -0.3 is 20.2 Å². The third-order valence-electron chi connectivity index (χ3n) is 0.724. The first-order valence-corrected chi connectivity index (χ1v) is 2.24. The summed E-state index contributed by atoms with van der Waals surface area (Å²) < 4.78 is 3.89. The Morgan fingerprint density at radius 1 is 1.25 bits per heavy atom. The zero-order valence-corrected chi connectivity index (χ0v) is 7.83. The van der Waals surface area contributed by atoms with Gasteiger partial charge >= 0.3 is 12.0 Å². The molecule has 0 aliphatic rings. The van der Waals surface area contributed by atoms with Crippen LogP contribution in [0.25, 0.3) is 0 Å². The third-order valence-corrected chi connectivity index (χ3v) is 0.724. The van der Waals surface area contributed by atoms with Crippen molar-refractivity contribution >= 4 is 41.5 Å². The molecule has 0 aliphatic heterocycles. The molecule has 0 spiro atoms. The summed E-state index contributed by atoms with van der Waals surface area (Å²) in [7, 11) is 0. The number of nitro groups is 2. The van der Waals surface area contributed by atoms with Crippen molar-refractivity contribution in [1.82, 2.24) is 10.1 Å². The van der Waals surface area contributed by atoms with Crippen molar-refractivity contribution < 1.29 is 14.4 Å². The molecule has 59 valence electrons. The van der Waals surface area contributed by atoms with E-state index in [1.807, 2.05) is 0 Å². The van der Waals surface area contributed by atoms with Crippen molar-refractivity contribution in [2.75, 3.05) is 0 Å². The number of rotatable bonds is 2. The molecule has 0 atom stereocenters. The molecule has 0 unspecified atom stereocenters. The summed E-state index contributed by atoms with van der Waals surface area (Å²) in [6, 6.07) is -0.989. The minimum absolute atomic E-state index is 0. The molecular weight excluding hydrogens is 183 g/mol. The zero-order valence-electron chi connectivity index (χ0n) is 5.83. The first kappa shape index (κ1) is 10.9. The maximum atomic E-state index is 9.83. The molecule has 1 heterocycles. The summed E-state index contributed by atoms with van der Waals surface area (Å²) in [6.07, 6.45) is 0. The second kappa shape index (κ2) is 4.09. The molecular formula is C2N4NaO5. The van der Waals surface area contributed by atoms with E-state index in [1.54, 1.807) is 0 Å². The van der Waals surface area contributed by atoms with Gasteiger partial charge in [0.05, 0.1) is 4.98 Å². The molecule has 0 bridgehead atoms. The number of nitrogens with zero attached hydrogens (tertiary/aromatic N) is 4. The Morgan fingerprint density at radius 3 is 2.08 bits per heavy atom. The Hall–Kier alpha value is -1.06. The van der Waals surface area contributed by atoms with Gasteiger partial charge in [-0.05, 0) is 4.92 Å². The van der Waals surface area contributed by atoms with Gasteiger partial charge in [0.15, 0.2) is 0 Å². The van der Waals surface area contributed by atoms with Gasteiger partial charge in [0.1, 0.15) is 5.16 Å². The van der Waals surface area contributed by atoms with E-state index < -0.39 is 21.8 Å². The van der Waals surface area contributed by atoms with Crippen LogP contribution in [0.5, 0.6) is 0 Å². The van der Waals surface area contributed by atoms with Crippen molar-refractivity contribution in [2.24, 2.45) is 0 Å². The van der Waals surface area contributed by atoms with Gasteiger partial charge in [0.25, 0.3) is 0 Å². The summed E-state index contributed by atoms with van der Waals surface area (Å²) in [6.45, 7) is 0. The normalized spacial score (nSPS) is 8.67. The minimum Gasteiger partial charge on any atom is -0.389 e. The average molecular weight is 183 g/mol. The quantitative estimate of drug-likeness (QED) is 0.343. The maximum Gasteiger partial charge on any atom is 0.586 e. The molecule has 1 aromatic rings. The van der Waals surface area contributed by atoms with E-state index in [4.69, 9.17) is 0 Å². The second-order valence-electron chi connectivity index (χ2n) is 1.39. The fourth-order valence-electron chi connectivity index (χ4n) is 0.356. The molecule has 0 aliphatic carbocycles. The molecule has 0 saturated heterocycles. The molecule has 0 fully saturated rings. The number of hydrogen-bond acceptors (Lipinski definition) is 7. The molecule has 1 radical (unpaired) electrons. The van der Waals surface area contributed by atoms with Crippen LogP contribution in [0, 0.1) is 20.2 Å². The van der Waals surface area contributed by atoms with Gasteiger partial charge in [-0.3, -0.25) is 0 Å². The second-order valence-corrected chi connectivity index (χ2v) is 1.39. The molecule has 0 aromatic carbocycles. The summed E-state index contributed by atoms with van der Waals surface area (Å²) >= 11 is 0. The Kier molecular flexibility index (Phi) is 3.73. The van der Waals surface area contributed by atoms with Crippen LogP contribution in [0.2, 0.25) is 0 Å². The largest absolute Gasteiger partial charge is 0.586 e. The average Bonchev–Trinajstić information content (AvgIpc) is 2.33. The summed E-state index contributed by atoms with van der Waals surface area (Å²) in [4.78, 5) is 20.5. The van der Waals surface area contributed by atoms with E-state index >= 15 is 0 Å². The van der Waals surface area contributed by atoms with Gasteiger partial charge in [0.2, 0.25) is 0 Å². The Labute approximate surface area is 86.3 Å². The van der Waals surface area contributed by atoms with E-state index in [0.29, 0.717) is 0 Å². The van der Waals surface area contributed by atoms with Crippen molar-refractivity contribution in [3.8, 4) is 0 Å². The fourth-order valence-corrected chi connectivity index (χ4v) is 0.356.